The van der Waals surface area contributed by atoms with Crippen LogP contribution in [0.5, 0.6) is 11.5 Å². The van der Waals surface area contributed by atoms with Crippen molar-refractivity contribution in [3.05, 3.63) is 104 Å². The zero-order valence-electron chi connectivity index (χ0n) is 19.2. The minimum Gasteiger partial charge on any atom is -0.454 e. The van der Waals surface area contributed by atoms with Crippen LogP contribution in [0.15, 0.2) is 75.5 Å². The number of nitrogens with one attached hydrogen (secondary N) is 1. The fourth-order valence-corrected chi connectivity index (χ4v) is 3.39. The molecule has 2 heterocycles. The second-order valence-electron chi connectivity index (χ2n) is 7.76. The van der Waals surface area contributed by atoms with Crippen molar-refractivity contribution >= 4 is 17.3 Å². The molecule has 37 heavy (non-hydrogen) atoms. The van der Waals surface area contributed by atoms with E-state index in [2.05, 4.69) is 19.9 Å². The van der Waals surface area contributed by atoms with Crippen LogP contribution in [-0.4, -0.2) is 47.0 Å². The number of rotatable bonds is 8. The highest BCUT2D eigenvalue weighted by atomic mass is 35.5. The van der Waals surface area contributed by atoms with Gasteiger partial charge in [-0.15, -0.1) is 0 Å². The maximum absolute atomic E-state index is 13.2. The standard InChI is InChI=1S/C24H20ClN7O5/c25-16-3-1-15(2-4-16)12-31-22(30-23(35)32(24(31)36)13-18(34)14-33)29-17-5-7-19(8-6-17)37-20-10-27-21(9-26)28-11-20/h1-8,10-11,18,33-34H,12-14H2,(H,29,30,35)/t18-/m0/s1. The first-order valence-electron chi connectivity index (χ1n) is 10.9. The molecule has 188 valence electrons. The van der Waals surface area contributed by atoms with Gasteiger partial charge in [0.2, 0.25) is 11.4 Å². The van der Waals surface area contributed by atoms with Gasteiger partial charge >= 0.3 is 11.4 Å². The highest BCUT2D eigenvalue weighted by Crippen LogP contribution is 2.22. The number of nitriles is 1. The number of hydrogen-bond donors (Lipinski definition) is 3. The lowest BCUT2D eigenvalue weighted by Crippen LogP contribution is -2.51. The highest BCUT2D eigenvalue weighted by molar-refractivity contribution is 6.30. The summed E-state index contributed by atoms with van der Waals surface area (Å²) in [5, 5.41) is 28.3. The van der Waals surface area contributed by atoms with Crippen LogP contribution < -0.4 is 21.7 Å². The van der Waals surface area contributed by atoms with Crippen LogP contribution in [-0.2, 0) is 13.1 Å². The molecule has 0 saturated carbocycles. The van der Waals surface area contributed by atoms with Crippen LogP contribution in [0.1, 0.15) is 11.4 Å². The first-order chi connectivity index (χ1) is 17.9. The average molecular weight is 522 g/mol. The third-order valence-electron chi connectivity index (χ3n) is 5.07. The zero-order chi connectivity index (χ0) is 26.4. The molecule has 0 spiro atoms. The Bertz CT molecular complexity index is 1600. The Kier molecular flexibility index (Phi) is 7.89. The molecular formula is C24H20ClN7O5. The van der Waals surface area contributed by atoms with Crippen molar-refractivity contribution in [1.82, 2.24) is 24.1 Å². The van der Waals surface area contributed by atoms with E-state index in [-0.39, 0.29) is 18.0 Å². The monoisotopic (exact) mass is 521 g/mol. The van der Waals surface area contributed by atoms with Gasteiger partial charge in [-0.3, -0.25) is 9.55 Å². The molecule has 0 fully saturated rings. The lowest BCUT2D eigenvalue weighted by Gasteiger charge is -2.13. The predicted molar refractivity (Wildman–Crippen MR) is 131 cm³/mol. The minimum absolute atomic E-state index is 0.0196. The van der Waals surface area contributed by atoms with Crippen molar-refractivity contribution in [2.75, 3.05) is 6.61 Å². The summed E-state index contributed by atoms with van der Waals surface area (Å²) in [6.07, 6.45) is 1.45. The van der Waals surface area contributed by atoms with Gasteiger partial charge in [0.1, 0.15) is 11.8 Å². The molecule has 2 aromatic heterocycles. The van der Waals surface area contributed by atoms with E-state index >= 15 is 0 Å². The quantitative estimate of drug-likeness (QED) is 0.309. The SMILES string of the molecule is N#Cc1ncc(Oc2ccc(/N=c3\[nH]c(=O)n(C[C@H](O)CO)c(=O)n3Cc3ccc(Cl)cc3)cc2)cn1. The van der Waals surface area contributed by atoms with Gasteiger partial charge in [0.05, 0.1) is 43.9 Å². The molecule has 0 saturated heterocycles. The molecule has 0 aliphatic heterocycles. The Hall–Kier alpha value is -4.57. The molecule has 0 aliphatic carbocycles. The number of ether oxygens (including phenoxy) is 1. The van der Waals surface area contributed by atoms with E-state index in [1.807, 2.05) is 6.07 Å². The van der Waals surface area contributed by atoms with Crippen LogP contribution in [0, 0.1) is 11.3 Å². The molecule has 1 atom stereocenters. The Morgan fingerprint density at radius 1 is 1.05 bits per heavy atom. The Labute approximate surface area is 214 Å². The molecule has 0 aliphatic rings. The number of aromatic nitrogens is 5. The van der Waals surface area contributed by atoms with Crippen molar-refractivity contribution in [3.63, 3.8) is 0 Å². The number of halogens is 1. The molecular weight excluding hydrogens is 502 g/mol. The van der Waals surface area contributed by atoms with E-state index in [9.17, 15) is 14.7 Å². The van der Waals surface area contributed by atoms with Crippen LogP contribution in [0.3, 0.4) is 0 Å². The fraction of sp³-hybridized carbons (Fsp3) is 0.167. The highest BCUT2D eigenvalue weighted by Gasteiger charge is 2.13. The molecule has 13 heteroatoms. The largest absolute Gasteiger partial charge is 0.454 e. The smallest absolute Gasteiger partial charge is 0.335 e. The number of hydrogen-bond acceptors (Lipinski definition) is 9. The molecule has 0 amide bonds. The van der Waals surface area contributed by atoms with Gasteiger partial charge in [-0.05, 0) is 42.0 Å². The number of benzene rings is 2. The van der Waals surface area contributed by atoms with Crippen molar-refractivity contribution in [2.24, 2.45) is 4.99 Å². The van der Waals surface area contributed by atoms with Gasteiger partial charge in [-0.25, -0.2) is 29.1 Å². The number of H-pyrrole nitrogens is 1. The zero-order valence-corrected chi connectivity index (χ0v) is 19.9. The summed E-state index contributed by atoms with van der Waals surface area (Å²) in [4.78, 5) is 40.5. The Morgan fingerprint density at radius 3 is 2.35 bits per heavy atom. The molecule has 0 radical (unpaired) electrons. The molecule has 2 aromatic carbocycles. The first-order valence-corrected chi connectivity index (χ1v) is 11.3. The lowest BCUT2D eigenvalue weighted by molar-refractivity contribution is 0.0783. The van der Waals surface area contributed by atoms with E-state index < -0.39 is 30.6 Å². The second kappa shape index (κ2) is 11.4. The van der Waals surface area contributed by atoms with Gasteiger partial charge in [0.15, 0.2) is 5.75 Å². The van der Waals surface area contributed by atoms with E-state index in [1.54, 1.807) is 48.5 Å². The van der Waals surface area contributed by atoms with Crippen molar-refractivity contribution in [1.29, 1.82) is 5.26 Å². The van der Waals surface area contributed by atoms with E-state index in [0.717, 1.165) is 10.1 Å². The molecule has 0 unspecified atom stereocenters. The van der Waals surface area contributed by atoms with Crippen molar-refractivity contribution in [2.45, 2.75) is 19.2 Å². The maximum atomic E-state index is 13.2. The number of aromatic amines is 1. The summed E-state index contributed by atoms with van der Waals surface area (Å²) in [6.45, 7) is -0.949. The molecule has 4 aromatic rings. The van der Waals surface area contributed by atoms with E-state index in [4.69, 9.17) is 26.7 Å². The minimum atomic E-state index is -1.29. The van der Waals surface area contributed by atoms with E-state index in [0.29, 0.717) is 22.2 Å². The first kappa shape index (κ1) is 25.5. The summed E-state index contributed by atoms with van der Waals surface area (Å²) in [5.41, 5.74) is -0.391. The van der Waals surface area contributed by atoms with Crippen LogP contribution in [0.4, 0.5) is 5.69 Å². The number of aliphatic hydroxyl groups excluding tert-OH is 2. The van der Waals surface area contributed by atoms with Crippen LogP contribution >= 0.6 is 11.6 Å². The molecule has 3 N–H and O–H groups in total. The van der Waals surface area contributed by atoms with Gasteiger partial charge in [-0.2, -0.15) is 5.26 Å². The van der Waals surface area contributed by atoms with Crippen LogP contribution in [0.2, 0.25) is 5.02 Å². The molecule has 0 bridgehead atoms. The predicted octanol–water partition coefficient (Wildman–Crippen LogP) is 1.08. The topological polar surface area (TPSA) is 171 Å². The summed E-state index contributed by atoms with van der Waals surface area (Å²) < 4.78 is 7.69. The Morgan fingerprint density at radius 2 is 1.73 bits per heavy atom. The Balaban J connectivity index is 1.70. The van der Waals surface area contributed by atoms with Crippen LogP contribution in [0.25, 0.3) is 0 Å². The van der Waals surface area contributed by atoms with Crippen molar-refractivity contribution < 1.29 is 14.9 Å². The summed E-state index contributed by atoms with van der Waals surface area (Å²) in [7, 11) is 0. The number of nitrogens with zero attached hydrogens (tertiary/aromatic N) is 6. The summed E-state index contributed by atoms with van der Waals surface area (Å²) in [5.74, 6) is 0.806. The lowest BCUT2D eigenvalue weighted by atomic mass is 10.2. The summed E-state index contributed by atoms with van der Waals surface area (Å²) >= 11 is 5.96. The van der Waals surface area contributed by atoms with Gasteiger partial charge < -0.3 is 14.9 Å². The average Bonchev–Trinajstić information content (AvgIpc) is 2.91. The number of aliphatic hydroxyl groups is 2. The fourth-order valence-electron chi connectivity index (χ4n) is 3.26. The van der Waals surface area contributed by atoms with Gasteiger partial charge in [-0.1, -0.05) is 23.7 Å². The van der Waals surface area contributed by atoms with Gasteiger partial charge in [0.25, 0.3) is 0 Å². The molecule has 12 nitrogen and oxygen atoms in total. The van der Waals surface area contributed by atoms with Gasteiger partial charge in [0, 0.05) is 5.02 Å². The third kappa shape index (κ3) is 6.36. The van der Waals surface area contributed by atoms with Crippen molar-refractivity contribution in [3.8, 4) is 17.6 Å². The second-order valence-corrected chi connectivity index (χ2v) is 8.19. The maximum Gasteiger partial charge on any atom is 0.335 e. The normalized spacial score (nSPS) is 12.2. The third-order valence-corrected chi connectivity index (χ3v) is 5.33. The van der Waals surface area contributed by atoms with E-state index in [1.165, 1.54) is 17.0 Å². The molecule has 4 rings (SSSR count). The summed E-state index contributed by atoms with van der Waals surface area (Å²) in [6, 6.07) is 15.1.